The summed E-state index contributed by atoms with van der Waals surface area (Å²) in [7, 11) is 1.62. The number of rotatable bonds is 5. The van der Waals surface area contributed by atoms with Crippen molar-refractivity contribution in [3.05, 3.63) is 71.1 Å². The number of methoxy groups -OCH3 is 1. The number of nitrogens with zero attached hydrogens (tertiary/aromatic N) is 4. The molecule has 0 amide bonds. The predicted molar refractivity (Wildman–Crippen MR) is 97.7 cm³/mol. The Morgan fingerprint density at radius 1 is 1.04 bits per heavy atom. The maximum atomic E-state index is 13.3. The maximum Gasteiger partial charge on any atom is 0.212 e. The zero-order chi connectivity index (χ0) is 19.0. The summed E-state index contributed by atoms with van der Waals surface area (Å²) in [6.07, 6.45) is 4.73. The van der Waals surface area contributed by atoms with Crippen molar-refractivity contribution in [2.24, 2.45) is 0 Å². The topological polar surface area (TPSA) is 75.6 Å². The van der Waals surface area contributed by atoms with Crippen molar-refractivity contribution < 1.29 is 14.3 Å². The number of hydrogen-bond acceptors (Lipinski definition) is 7. The molecule has 7 nitrogen and oxygen atoms in total. The van der Waals surface area contributed by atoms with Crippen molar-refractivity contribution in [3.63, 3.8) is 0 Å². The highest BCUT2D eigenvalue weighted by Crippen LogP contribution is 2.38. The molecule has 138 valence electrons. The number of ether oxygens (including phenoxy) is 1. The number of aromatic nitrogens is 2. The summed E-state index contributed by atoms with van der Waals surface area (Å²) in [6.45, 7) is 3.37. The molecule has 0 saturated carbocycles. The molecule has 1 aliphatic heterocycles. The van der Waals surface area contributed by atoms with Crippen molar-refractivity contribution >= 4 is 11.6 Å². The lowest BCUT2D eigenvalue weighted by Gasteiger charge is -2.31. The first-order chi connectivity index (χ1) is 13.1. The van der Waals surface area contributed by atoms with Gasteiger partial charge in [0.25, 0.3) is 0 Å². The molecule has 0 bridgehead atoms. The van der Waals surface area contributed by atoms with Gasteiger partial charge in [-0.25, -0.2) is 0 Å². The second-order valence-electron chi connectivity index (χ2n) is 6.54. The van der Waals surface area contributed by atoms with Crippen molar-refractivity contribution in [1.82, 2.24) is 19.8 Å². The van der Waals surface area contributed by atoms with Gasteiger partial charge in [0.2, 0.25) is 11.6 Å². The molecule has 0 unspecified atom stereocenters. The van der Waals surface area contributed by atoms with Gasteiger partial charge < -0.3 is 14.5 Å². The average Bonchev–Trinajstić information content (AvgIpc) is 2.97. The molecule has 1 atom stereocenters. The number of fused-ring (bicyclic) bond motifs is 1. The molecule has 4 rings (SSSR count). The van der Waals surface area contributed by atoms with E-state index in [0.29, 0.717) is 42.2 Å². The van der Waals surface area contributed by atoms with Crippen LogP contribution in [0.2, 0.25) is 0 Å². The van der Waals surface area contributed by atoms with Crippen LogP contribution in [0.5, 0.6) is 0 Å². The average molecular weight is 364 g/mol. The SMILES string of the molecule is COCCN1C2=C(C(=O)c3ccccc3C2=O)N(Cc2cnccn2)[C@@H]1C. The van der Waals surface area contributed by atoms with Crippen LogP contribution in [0, 0.1) is 0 Å². The van der Waals surface area contributed by atoms with Gasteiger partial charge in [-0.15, -0.1) is 0 Å². The lowest BCUT2D eigenvalue weighted by Crippen LogP contribution is -2.40. The molecule has 7 heteroatoms. The first-order valence-electron chi connectivity index (χ1n) is 8.83. The fourth-order valence-corrected chi connectivity index (χ4v) is 3.71. The molecule has 2 heterocycles. The molecule has 0 spiro atoms. The Kier molecular flexibility index (Phi) is 4.45. The molecule has 0 radical (unpaired) electrons. The van der Waals surface area contributed by atoms with Crippen molar-refractivity contribution in [2.75, 3.05) is 20.3 Å². The van der Waals surface area contributed by atoms with Gasteiger partial charge in [0.1, 0.15) is 11.4 Å². The van der Waals surface area contributed by atoms with Gasteiger partial charge in [-0.2, -0.15) is 0 Å². The molecule has 2 aromatic rings. The molecule has 0 N–H and O–H groups in total. The van der Waals surface area contributed by atoms with Gasteiger partial charge >= 0.3 is 0 Å². The van der Waals surface area contributed by atoms with Gasteiger partial charge in [-0.3, -0.25) is 19.6 Å². The fourth-order valence-electron chi connectivity index (χ4n) is 3.71. The Labute approximate surface area is 157 Å². The molecule has 2 aliphatic rings. The summed E-state index contributed by atoms with van der Waals surface area (Å²) in [6, 6.07) is 6.99. The molecule has 1 aromatic heterocycles. The Hall–Kier alpha value is -3.06. The molecule has 0 fully saturated rings. The van der Waals surface area contributed by atoms with Gasteiger partial charge in [0, 0.05) is 37.2 Å². The number of carbonyl (C=O) groups excluding carboxylic acids is 2. The summed E-state index contributed by atoms with van der Waals surface area (Å²) >= 11 is 0. The van der Waals surface area contributed by atoms with E-state index in [0.717, 1.165) is 5.69 Å². The molecule has 27 heavy (non-hydrogen) atoms. The van der Waals surface area contributed by atoms with Crippen LogP contribution < -0.4 is 0 Å². The van der Waals surface area contributed by atoms with E-state index in [4.69, 9.17) is 4.74 Å². The number of benzene rings is 1. The normalized spacial score (nSPS) is 18.8. The van der Waals surface area contributed by atoms with E-state index in [2.05, 4.69) is 9.97 Å². The lowest BCUT2D eigenvalue weighted by molar-refractivity contribution is 0.0867. The zero-order valence-electron chi connectivity index (χ0n) is 15.3. The fraction of sp³-hybridized carbons (Fsp3) is 0.300. The van der Waals surface area contributed by atoms with E-state index in [1.807, 2.05) is 16.7 Å². The molecule has 0 saturated heterocycles. The smallest absolute Gasteiger partial charge is 0.212 e. The highest BCUT2D eigenvalue weighted by molar-refractivity contribution is 6.26. The quantitative estimate of drug-likeness (QED) is 0.802. The van der Waals surface area contributed by atoms with Crippen LogP contribution in [0.15, 0.2) is 54.3 Å². The minimum atomic E-state index is -0.172. The van der Waals surface area contributed by atoms with Gasteiger partial charge in [0.15, 0.2) is 0 Å². The number of carbonyl (C=O) groups is 2. The van der Waals surface area contributed by atoms with E-state index in [-0.39, 0.29) is 17.7 Å². The third kappa shape index (κ3) is 2.80. The van der Waals surface area contributed by atoms with Crippen LogP contribution in [-0.2, 0) is 11.3 Å². The molecule has 1 aromatic carbocycles. The Balaban J connectivity index is 1.80. The van der Waals surface area contributed by atoms with Crippen LogP contribution in [0.3, 0.4) is 0 Å². The van der Waals surface area contributed by atoms with Crippen LogP contribution >= 0.6 is 0 Å². The second kappa shape index (κ2) is 6.92. The third-order valence-corrected chi connectivity index (χ3v) is 5.03. The van der Waals surface area contributed by atoms with Crippen LogP contribution in [0.4, 0.5) is 0 Å². The molecular weight excluding hydrogens is 344 g/mol. The Bertz CT molecular complexity index is 926. The highest BCUT2D eigenvalue weighted by Gasteiger charge is 2.45. The van der Waals surface area contributed by atoms with E-state index >= 15 is 0 Å². The van der Waals surface area contributed by atoms with Crippen molar-refractivity contribution in [2.45, 2.75) is 19.6 Å². The summed E-state index contributed by atoms with van der Waals surface area (Å²) in [5.41, 5.74) is 2.53. The highest BCUT2D eigenvalue weighted by atomic mass is 16.5. The van der Waals surface area contributed by atoms with E-state index in [9.17, 15) is 9.59 Å². The van der Waals surface area contributed by atoms with Crippen LogP contribution in [0.1, 0.15) is 33.3 Å². The predicted octanol–water partition coefficient (Wildman–Crippen LogP) is 1.88. The largest absolute Gasteiger partial charge is 0.383 e. The molecular formula is C20H20N4O3. The lowest BCUT2D eigenvalue weighted by atomic mass is 9.90. The van der Waals surface area contributed by atoms with Crippen LogP contribution in [-0.4, -0.2) is 57.8 Å². The van der Waals surface area contributed by atoms with Gasteiger partial charge in [-0.1, -0.05) is 24.3 Å². The minimum Gasteiger partial charge on any atom is -0.383 e. The first kappa shape index (κ1) is 17.4. The first-order valence-corrected chi connectivity index (χ1v) is 8.83. The van der Waals surface area contributed by atoms with Crippen molar-refractivity contribution in [3.8, 4) is 0 Å². The summed E-state index contributed by atoms with van der Waals surface area (Å²) in [4.78, 5) is 38.8. The summed E-state index contributed by atoms with van der Waals surface area (Å²) in [5, 5.41) is 0. The third-order valence-electron chi connectivity index (χ3n) is 5.03. The number of allylic oxidation sites excluding steroid dienone is 2. The zero-order valence-corrected chi connectivity index (χ0v) is 15.3. The molecule has 1 aliphatic carbocycles. The van der Waals surface area contributed by atoms with E-state index in [1.54, 1.807) is 50.0 Å². The van der Waals surface area contributed by atoms with Gasteiger partial charge in [-0.05, 0) is 6.92 Å². The van der Waals surface area contributed by atoms with Gasteiger partial charge in [0.05, 0.1) is 31.2 Å². The summed E-state index contributed by atoms with van der Waals surface area (Å²) in [5.74, 6) is -0.249. The van der Waals surface area contributed by atoms with E-state index in [1.165, 1.54) is 0 Å². The maximum absolute atomic E-state index is 13.3. The monoisotopic (exact) mass is 364 g/mol. The minimum absolute atomic E-state index is 0.121. The van der Waals surface area contributed by atoms with Crippen LogP contribution in [0.25, 0.3) is 0 Å². The Morgan fingerprint density at radius 2 is 1.70 bits per heavy atom. The number of Topliss-reactive ketones (excluding diaryl/α,β-unsaturated/α-hetero) is 2. The summed E-state index contributed by atoms with van der Waals surface area (Å²) < 4.78 is 5.22. The van der Waals surface area contributed by atoms with E-state index < -0.39 is 0 Å². The standard InChI is InChI=1S/C20H20N4O3/c1-13-23(9-10-27-2)17-18(24(13)12-14-11-21-7-8-22-14)20(26)16-6-4-3-5-15(16)19(17)25/h3-8,11,13H,9-10,12H2,1-2H3/t13-/m1/s1. The second-order valence-corrected chi connectivity index (χ2v) is 6.54. The Morgan fingerprint density at radius 3 is 2.30 bits per heavy atom. The van der Waals surface area contributed by atoms with Crippen molar-refractivity contribution in [1.29, 1.82) is 0 Å². The number of ketones is 2. The number of hydrogen-bond donors (Lipinski definition) is 0.